The van der Waals surface area contributed by atoms with E-state index < -0.39 is 18.5 Å². The topological polar surface area (TPSA) is 57.2 Å². The van der Waals surface area contributed by atoms with Gasteiger partial charge in [-0.25, -0.2) is 0 Å². The molecule has 0 aliphatic carbocycles. The van der Waals surface area contributed by atoms with Crippen LogP contribution in [0, 0.1) is 5.92 Å². The highest BCUT2D eigenvalue weighted by Crippen LogP contribution is 2.27. The van der Waals surface area contributed by atoms with Crippen LogP contribution < -0.4 is 0 Å². The average Bonchev–Trinajstić information content (AvgIpc) is 2.24. The quantitative estimate of drug-likeness (QED) is 0.723. The van der Waals surface area contributed by atoms with Crippen molar-refractivity contribution in [2.24, 2.45) is 5.92 Å². The molecule has 0 aromatic carbocycles. The van der Waals surface area contributed by atoms with Gasteiger partial charge in [-0.15, -0.1) is 0 Å². The molecule has 0 aromatic heterocycles. The van der Waals surface area contributed by atoms with Crippen molar-refractivity contribution >= 4 is 0 Å². The van der Waals surface area contributed by atoms with Crippen molar-refractivity contribution in [3.05, 3.63) is 0 Å². The Morgan fingerprint density at radius 3 is 2.33 bits per heavy atom. The van der Waals surface area contributed by atoms with Gasteiger partial charge in [-0.2, -0.15) is 0 Å². The molecular formula is C10H20O5. The van der Waals surface area contributed by atoms with Gasteiger partial charge >= 0.3 is 0 Å². The lowest BCUT2D eigenvalue weighted by molar-refractivity contribution is -0.286. The second kappa shape index (κ2) is 5.77. The van der Waals surface area contributed by atoms with E-state index >= 15 is 0 Å². The molecule has 2 unspecified atom stereocenters. The van der Waals surface area contributed by atoms with Gasteiger partial charge in [0.25, 0.3) is 0 Å². The maximum Gasteiger partial charge on any atom is 0.186 e. The van der Waals surface area contributed by atoms with Crippen LogP contribution in [0.25, 0.3) is 0 Å². The minimum absolute atomic E-state index is 0.0405. The van der Waals surface area contributed by atoms with Crippen LogP contribution in [0.5, 0.6) is 0 Å². The van der Waals surface area contributed by atoms with Crippen LogP contribution in [0.15, 0.2) is 0 Å². The van der Waals surface area contributed by atoms with E-state index in [-0.39, 0.29) is 12.0 Å². The predicted molar refractivity (Wildman–Crippen MR) is 53.5 cm³/mol. The second-order valence-corrected chi connectivity index (χ2v) is 3.78. The van der Waals surface area contributed by atoms with Crippen molar-refractivity contribution in [1.29, 1.82) is 0 Å². The molecule has 0 saturated carbocycles. The zero-order valence-corrected chi connectivity index (χ0v) is 9.67. The van der Waals surface area contributed by atoms with Crippen molar-refractivity contribution < 1.29 is 24.1 Å². The fourth-order valence-electron chi connectivity index (χ4n) is 1.85. The standard InChI is InChI=1S/C10H20O5/c1-6-7(5-12-2)15-10(14-4)9(13-3)8(6)11/h6-11H,5H2,1-4H3/t6-,7?,8+,9?,10-/m0/s1. The summed E-state index contributed by atoms with van der Waals surface area (Å²) in [4.78, 5) is 0. The largest absolute Gasteiger partial charge is 0.390 e. The van der Waals surface area contributed by atoms with Crippen molar-refractivity contribution in [3.63, 3.8) is 0 Å². The summed E-state index contributed by atoms with van der Waals surface area (Å²) in [6.07, 6.45) is -1.75. The molecule has 5 nitrogen and oxygen atoms in total. The summed E-state index contributed by atoms with van der Waals surface area (Å²) >= 11 is 0. The van der Waals surface area contributed by atoms with E-state index in [1.807, 2.05) is 6.92 Å². The van der Waals surface area contributed by atoms with Crippen LogP contribution in [0.3, 0.4) is 0 Å². The van der Waals surface area contributed by atoms with E-state index in [1.54, 1.807) is 7.11 Å². The van der Waals surface area contributed by atoms with E-state index in [0.717, 1.165) is 0 Å². The van der Waals surface area contributed by atoms with Gasteiger partial charge in [0, 0.05) is 27.2 Å². The first kappa shape index (κ1) is 12.9. The van der Waals surface area contributed by atoms with E-state index in [1.165, 1.54) is 14.2 Å². The smallest absolute Gasteiger partial charge is 0.186 e. The summed E-state index contributed by atoms with van der Waals surface area (Å²) in [5, 5.41) is 10.00. The molecule has 1 heterocycles. The molecule has 15 heavy (non-hydrogen) atoms. The number of aliphatic hydroxyl groups excluding tert-OH is 1. The average molecular weight is 220 g/mol. The zero-order chi connectivity index (χ0) is 11.4. The Hall–Kier alpha value is -0.200. The molecule has 0 aromatic rings. The first-order valence-corrected chi connectivity index (χ1v) is 5.03. The Kier molecular flexibility index (Phi) is 4.95. The van der Waals surface area contributed by atoms with Crippen LogP contribution in [-0.4, -0.2) is 57.6 Å². The molecule has 5 heteroatoms. The first-order chi connectivity index (χ1) is 7.15. The highest BCUT2D eigenvalue weighted by atomic mass is 16.7. The van der Waals surface area contributed by atoms with Crippen molar-refractivity contribution in [2.75, 3.05) is 27.9 Å². The third-order valence-corrected chi connectivity index (χ3v) is 2.87. The maximum atomic E-state index is 10.00. The molecule has 1 N–H and O–H groups in total. The van der Waals surface area contributed by atoms with E-state index in [0.29, 0.717) is 6.61 Å². The molecule has 0 bridgehead atoms. The highest BCUT2D eigenvalue weighted by molar-refractivity contribution is 4.87. The molecule has 1 fully saturated rings. The fourth-order valence-corrected chi connectivity index (χ4v) is 1.85. The van der Waals surface area contributed by atoms with Crippen molar-refractivity contribution in [2.45, 2.75) is 31.5 Å². The normalized spacial score (nSPS) is 41.8. The Labute approximate surface area is 90.3 Å². The zero-order valence-electron chi connectivity index (χ0n) is 9.67. The van der Waals surface area contributed by atoms with Crippen LogP contribution in [0.2, 0.25) is 0 Å². The number of hydrogen-bond acceptors (Lipinski definition) is 5. The van der Waals surface area contributed by atoms with Crippen molar-refractivity contribution in [3.8, 4) is 0 Å². The van der Waals surface area contributed by atoms with E-state index in [2.05, 4.69) is 0 Å². The van der Waals surface area contributed by atoms with Gasteiger partial charge in [0.1, 0.15) is 6.10 Å². The Bertz CT molecular complexity index is 183. The molecular weight excluding hydrogens is 200 g/mol. The van der Waals surface area contributed by atoms with E-state index in [4.69, 9.17) is 18.9 Å². The molecule has 1 rings (SSSR count). The SMILES string of the molecule is COCC1O[C@H](OC)C(OC)[C@H](O)[C@H]1C. The monoisotopic (exact) mass is 220 g/mol. The molecule has 1 aliphatic heterocycles. The minimum Gasteiger partial charge on any atom is -0.390 e. The van der Waals surface area contributed by atoms with Crippen LogP contribution in [0.1, 0.15) is 6.92 Å². The number of aliphatic hydroxyl groups is 1. The molecule has 5 atom stereocenters. The Morgan fingerprint density at radius 1 is 1.20 bits per heavy atom. The van der Waals surface area contributed by atoms with Crippen molar-refractivity contribution in [1.82, 2.24) is 0 Å². The first-order valence-electron chi connectivity index (χ1n) is 5.03. The summed E-state index contributed by atoms with van der Waals surface area (Å²) < 4.78 is 20.9. The minimum atomic E-state index is -0.603. The second-order valence-electron chi connectivity index (χ2n) is 3.78. The van der Waals surface area contributed by atoms with Crippen LogP contribution in [0.4, 0.5) is 0 Å². The lowest BCUT2D eigenvalue weighted by Gasteiger charge is -2.42. The summed E-state index contributed by atoms with van der Waals surface area (Å²) in [6.45, 7) is 2.35. The molecule has 90 valence electrons. The maximum absolute atomic E-state index is 10.00. The molecule has 0 radical (unpaired) electrons. The fraction of sp³-hybridized carbons (Fsp3) is 1.00. The number of rotatable bonds is 4. The lowest BCUT2D eigenvalue weighted by atomic mass is 9.91. The van der Waals surface area contributed by atoms with Crippen LogP contribution in [-0.2, 0) is 18.9 Å². The predicted octanol–water partition coefficient (Wildman–Crippen LogP) is 0.0161. The third kappa shape index (κ3) is 2.68. The van der Waals surface area contributed by atoms with E-state index in [9.17, 15) is 5.11 Å². The van der Waals surface area contributed by atoms with Gasteiger partial charge in [-0.05, 0) is 0 Å². The van der Waals surface area contributed by atoms with Gasteiger partial charge in [-0.1, -0.05) is 6.92 Å². The highest BCUT2D eigenvalue weighted by Gasteiger charge is 2.43. The Morgan fingerprint density at radius 2 is 1.87 bits per heavy atom. The number of hydrogen-bond donors (Lipinski definition) is 1. The summed E-state index contributed by atoms with van der Waals surface area (Å²) in [5.41, 5.74) is 0. The number of methoxy groups -OCH3 is 3. The number of ether oxygens (including phenoxy) is 4. The summed E-state index contributed by atoms with van der Waals surface area (Å²) in [5.74, 6) is -0.0405. The van der Waals surface area contributed by atoms with Gasteiger partial charge < -0.3 is 24.1 Å². The van der Waals surface area contributed by atoms with Gasteiger partial charge in [0.2, 0.25) is 0 Å². The lowest BCUT2D eigenvalue weighted by Crippen LogP contribution is -2.55. The molecule has 0 amide bonds. The van der Waals surface area contributed by atoms with Gasteiger partial charge in [-0.3, -0.25) is 0 Å². The third-order valence-electron chi connectivity index (χ3n) is 2.87. The van der Waals surface area contributed by atoms with Crippen LogP contribution >= 0.6 is 0 Å². The molecule has 1 aliphatic rings. The summed E-state index contributed by atoms with van der Waals surface area (Å²) in [7, 11) is 4.67. The van der Waals surface area contributed by atoms with Gasteiger partial charge in [0.15, 0.2) is 6.29 Å². The molecule has 0 spiro atoms. The Balaban J connectivity index is 2.68. The molecule has 1 saturated heterocycles. The summed E-state index contributed by atoms with van der Waals surface area (Å²) in [6, 6.07) is 0. The van der Waals surface area contributed by atoms with Gasteiger partial charge in [0.05, 0.1) is 18.8 Å².